The zero-order valence-corrected chi connectivity index (χ0v) is 9.42. The Hall–Kier alpha value is -1.43. The molecule has 0 heterocycles. The fourth-order valence-electron chi connectivity index (χ4n) is 1.18. The minimum absolute atomic E-state index is 0.363. The Bertz CT molecular complexity index is 467. The molecule has 0 bridgehead atoms. The van der Waals surface area contributed by atoms with Crippen molar-refractivity contribution in [1.29, 1.82) is 0 Å². The first-order chi connectivity index (χ1) is 7.41. The Kier molecular flexibility index (Phi) is 4.00. The second-order valence-electron chi connectivity index (χ2n) is 3.12. The van der Waals surface area contributed by atoms with E-state index in [4.69, 9.17) is 0 Å². The van der Waals surface area contributed by atoms with Gasteiger partial charge in [-0.1, -0.05) is 18.2 Å². The van der Waals surface area contributed by atoms with Crippen molar-refractivity contribution in [3.05, 3.63) is 42.5 Å². The van der Waals surface area contributed by atoms with Gasteiger partial charge in [0.2, 0.25) is 10.0 Å². The molecule has 3 nitrogen and oxygen atoms in total. The number of para-hydroxylation sites is 1. The highest BCUT2D eigenvalue weighted by atomic mass is 32.2. The summed E-state index contributed by atoms with van der Waals surface area (Å²) in [4.78, 5) is 0. The number of sulfonamides is 1. The molecule has 0 saturated heterocycles. The lowest BCUT2D eigenvalue weighted by Gasteiger charge is -2.20. The monoisotopic (exact) mass is 247 g/mol. The van der Waals surface area contributed by atoms with Crippen molar-refractivity contribution in [2.45, 2.75) is 0 Å². The molecule has 0 atom stereocenters. The van der Waals surface area contributed by atoms with Crippen LogP contribution in [0.25, 0.3) is 0 Å². The Balaban J connectivity index is 3.03. The number of halogens is 2. The van der Waals surface area contributed by atoms with E-state index < -0.39 is 16.1 Å². The second-order valence-corrected chi connectivity index (χ2v) is 5.03. The molecule has 0 radical (unpaired) electrons. The molecule has 0 aliphatic carbocycles. The minimum Gasteiger partial charge on any atom is -0.266 e. The summed E-state index contributed by atoms with van der Waals surface area (Å²) < 4.78 is 47.6. The molecule has 0 N–H and O–H groups in total. The summed E-state index contributed by atoms with van der Waals surface area (Å²) in [6, 6.07) is 8.09. The van der Waals surface area contributed by atoms with Gasteiger partial charge in [-0.2, -0.15) is 8.78 Å². The predicted molar refractivity (Wildman–Crippen MR) is 58.9 cm³/mol. The van der Waals surface area contributed by atoms with E-state index >= 15 is 0 Å². The van der Waals surface area contributed by atoms with Crippen LogP contribution in [0.2, 0.25) is 0 Å². The molecule has 1 aromatic rings. The van der Waals surface area contributed by atoms with Crippen molar-refractivity contribution in [3.8, 4) is 0 Å². The quantitative estimate of drug-likeness (QED) is 0.818. The van der Waals surface area contributed by atoms with Gasteiger partial charge in [0.25, 0.3) is 6.08 Å². The molecule has 0 saturated carbocycles. The maximum absolute atomic E-state index is 11.9. The van der Waals surface area contributed by atoms with Gasteiger partial charge in [-0.05, 0) is 12.1 Å². The van der Waals surface area contributed by atoms with Crippen LogP contribution in [0.4, 0.5) is 14.5 Å². The highest BCUT2D eigenvalue weighted by Crippen LogP contribution is 2.16. The van der Waals surface area contributed by atoms with Gasteiger partial charge < -0.3 is 0 Å². The Morgan fingerprint density at radius 3 is 2.31 bits per heavy atom. The number of rotatable bonds is 4. The lowest BCUT2D eigenvalue weighted by atomic mass is 10.3. The molecule has 16 heavy (non-hydrogen) atoms. The average molecular weight is 247 g/mol. The van der Waals surface area contributed by atoms with Crippen LogP contribution in [0.3, 0.4) is 0 Å². The fraction of sp³-hybridized carbons (Fsp3) is 0.200. The average Bonchev–Trinajstić information content (AvgIpc) is 2.17. The molecule has 1 aromatic carbocycles. The van der Waals surface area contributed by atoms with Crippen molar-refractivity contribution < 1.29 is 17.2 Å². The molecule has 0 aliphatic rings. The van der Waals surface area contributed by atoms with E-state index in [2.05, 4.69) is 0 Å². The van der Waals surface area contributed by atoms with Crippen LogP contribution < -0.4 is 4.31 Å². The number of nitrogens with zero attached hydrogens (tertiary/aromatic N) is 1. The summed E-state index contributed by atoms with van der Waals surface area (Å²) >= 11 is 0. The van der Waals surface area contributed by atoms with Crippen LogP contribution in [0.15, 0.2) is 42.5 Å². The lowest BCUT2D eigenvalue weighted by molar-refractivity contribution is 0.419. The first kappa shape index (κ1) is 12.6. The van der Waals surface area contributed by atoms with E-state index in [0.717, 1.165) is 10.6 Å². The maximum Gasteiger partial charge on any atom is 0.268 e. The zero-order valence-electron chi connectivity index (χ0n) is 8.60. The van der Waals surface area contributed by atoms with Gasteiger partial charge >= 0.3 is 0 Å². The number of hydrogen-bond acceptors (Lipinski definition) is 2. The summed E-state index contributed by atoms with van der Waals surface area (Å²) in [5, 5.41) is 0. The van der Waals surface area contributed by atoms with Crippen molar-refractivity contribution >= 4 is 15.7 Å². The first-order valence-corrected chi connectivity index (χ1v) is 6.30. The Labute approximate surface area is 93.1 Å². The van der Waals surface area contributed by atoms with Crippen molar-refractivity contribution in [3.63, 3.8) is 0 Å². The molecule has 6 heteroatoms. The van der Waals surface area contributed by atoms with Crippen molar-refractivity contribution in [2.24, 2.45) is 0 Å². The van der Waals surface area contributed by atoms with Gasteiger partial charge in [-0.3, -0.25) is 4.31 Å². The number of hydrogen-bond donors (Lipinski definition) is 0. The van der Waals surface area contributed by atoms with Gasteiger partial charge in [-0.15, -0.1) is 0 Å². The van der Waals surface area contributed by atoms with Gasteiger partial charge in [0.1, 0.15) is 0 Å². The van der Waals surface area contributed by atoms with Crippen LogP contribution in [0.1, 0.15) is 0 Å². The molecule has 0 unspecified atom stereocenters. The highest BCUT2D eigenvalue weighted by Gasteiger charge is 2.15. The molecule has 88 valence electrons. The third kappa shape index (κ3) is 3.62. The van der Waals surface area contributed by atoms with E-state index in [9.17, 15) is 17.2 Å². The lowest BCUT2D eigenvalue weighted by Crippen LogP contribution is -2.29. The standard InChI is InChI=1S/C10H11F2NO2S/c1-16(14,15)13(8-7-10(11)12)9-5-3-2-4-6-9/h2-7H,8H2,1H3. The van der Waals surface area contributed by atoms with Crippen LogP contribution in [-0.4, -0.2) is 21.2 Å². The topological polar surface area (TPSA) is 37.4 Å². The Morgan fingerprint density at radius 2 is 1.88 bits per heavy atom. The fourth-order valence-corrected chi connectivity index (χ4v) is 2.03. The largest absolute Gasteiger partial charge is 0.268 e. The third-order valence-corrected chi connectivity index (χ3v) is 3.02. The van der Waals surface area contributed by atoms with E-state index in [1.807, 2.05) is 0 Å². The summed E-state index contributed by atoms with van der Waals surface area (Å²) in [6.07, 6.45) is -0.359. The third-order valence-electron chi connectivity index (χ3n) is 1.86. The van der Waals surface area contributed by atoms with Gasteiger partial charge in [0, 0.05) is 6.08 Å². The number of benzene rings is 1. The smallest absolute Gasteiger partial charge is 0.266 e. The van der Waals surface area contributed by atoms with Crippen LogP contribution in [0.5, 0.6) is 0 Å². The van der Waals surface area contributed by atoms with Crippen LogP contribution >= 0.6 is 0 Å². The Morgan fingerprint density at radius 1 is 1.31 bits per heavy atom. The zero-order chi connectivity index (χ0) is 12.2. The van der Waals surface area contributed by atoms with Crippen LogP contribution in [-0.2, 0) is 10.0 Å². The summed E-state index contributed by atoms with van der Waals surface area (Å²) in [5.41, 5.74) is 0.363. The van der Waals surface area contributed by atoms with Gasteiger partial charge in [0.15, 0.2) is 0 Å². The number of anilines is 1. The molecule has 0 spiro atoms. The van der Waals surface area contributed by atoms with Gasteiger partial charge in [-0.25, -0.2) is 8.42 Å². The van der Waals surface area contributed by atoms with Crippen LogP contribution in [0, 0.1) is 0 Å². The predicted octanol–water partition coefficient (Wildman–Crippen LogP) is 2.23. The van der Waals surface area contributed by atoms with E-state index in [0.29, 0.717) is 11.8 Å². The molecular weight excluding hydrogens is 236 g/mol. The van der Waals surface area contributed by atoms with E-state index in [-0.39, 0.29) is 6.54 Å². The molecule has 0 fully saturated rings. The second kappa shape index (κ2) is 5.07. The maximum atomic E-state index is 11.9. The summed E-state index contributed by atoms with van der Waals surface area (Å²) in [5.74, 6) is 0. The molecule has 0 amide bonds. The molecule has 0 aliphatic heterocycles. The van der Waals surface area contributed by atoms with Crippen molar-refractivity contribution in [2.75, 3.05) is 17.1 Å². The summed E-state index contributed by atoms with van der Waals surface area (Å²) in [6.45, 7) is -0.370. The molecule has 0 aromatic heterocycles. The summed E-state index contributed by atoms with van der Waals surface area (Å²) in [7, 11) is -3.56. The minimum atomic E-state index is -3.56. The van der Waals surface area contributed by atoms with E-state index in [1.54, 1.807) is 30.3 Å². The normalized spacial score (nSPS) is 10.9. The molecule has 1 rings (SSSR count). The first-order valence-electron chi connectivity index (χ1n) is 4.45. The SMILES string of the molecule is CS(=O)(=O)N(CC=C(F)F)c1ccccc1. The highest BCUT2D eigenvalue weighted by molar-refractivity contribution is 7.92. The van der Waals surface area contributed by atoms with Gasteiger partial charge in [0.05, 0.1) is 18.5 Å². The van der Waals surface area contributed by atoms with E-state index in [1.165, 1.54) is 0 Å². The van der Waals surface area contributed by atoms with Crippen molar-refractivity contribution in [1.82, 2.24) is 0 Å². The molecular formula is C10H11F2NO2S.